The Balaban J connectivity index is 1.53. The molecule has 0 radical (unpaired) electrons. The van der Waals surface area contributed by atoms with E-state index >= 15 is 0 Å². The van der Waals surface area contributed by atoms with Gasteiger partial charge in [-0.05, 0) is 31.0 Å². The molecule has 0 unspecified atom stereocenters. The quantitative estimate of drug-likeness (QED) is 0.720. The van der Waals surface area contributed by atoms with Gasteiger partial charge < -0.3 is 14.1 Å². The van der Waals surface area contributed by atoms with Crippen molar-refractivity contribution in [2.45, 2.75) is 13.3 Å². The van der Waals surface area contributed by atoms with E-state index < -0.39 is 0 Å². The maximum Gasteiger partial charge on any atom is 0.265 e. The highest BCUT2D eigenvalue weighted by Crippen LogP contribution is 2.24. The van der Waals surface area contributed by atoms with Crippen LogP contribution in [0.15, 0.2) is 40.5 Å². The Morgan fingerprint density at radius 3 is 3.16 bits per heavy atom. The topological polar surface area (TPSA) is 55.6 Å². The van der Waals surface area contributed by atoms with Gasteiger partial charge in [-0.15, -0.1) is 11.3 Å². The first kappa shape index (κ1) is 16.3. The summed E-state index contributed by atoms with van der Waals surface area (Å²) in [7, 11) is 0. The van der Waals surface area contributed by atoms with Gasteiger partial charge in [-0.25, -0.2) is 4.98 Å². The third-order valence-electron chi connectivity index (χ3n) is 4.66. The Kier molecular flexibility index (Phi) is 4.55. The number of ether oxygens (including phenoxy) is 1. The Hall–Kier alpha value is -2.18. The van der Waals surface area contributed by atoms with Crippen LogP contribution in [0.2, 0.25) is 0 Å². The summed E-state index contributed by atoms with van der Waals surface area (Å²) in [5, 5.41) is 1.14. The fourth-order valence-corrected chi connectivity index (χ4v) is 4.15. The Bertz CT molecular complexity index is 886. The minimum absolute atomic E-state index is 0.0667. The van der Waals surface area contributed by atoms with E-state index in [1.54, 1.807) is 11.8 Å². The second-order valence-corrected chi connectivity index (χ2v) is 7.27. The second kappa shape index (κ2) is 6.98. The molecule has 1 saturated heterocycles. The van der Waals surface area contributed by atoms with E-state index in [0.717, 1.165) is 28.0 Å². The minimum Gasteiger partial charge on any atom is -0.464 e. The van der Waals surface area contributed by atoms with Gasteiger partial charge in [0.15, 0.2) is 0 Å². The maximum atomic E-state index is 12.8. The number of fused-ring (bicyclic) bond motifs is 1. The molecule has 5 nitrogen and oxygen atoms in total. The molecule has 2 aromatic heterocycles. The molecule has 130 valence electrons. The van der Waals surface area contributed by atoms with Crippen LogP contribution in [0.1, 0.15) is 20.9 Å². The number of aromatic nitrogens is 1. The molecule has 1 amide bonds. The number of rotatable bonds is 3. The normalized spacial score (nSPS) is 18.4. The smallest absolute Gasteiger partial charge is 0.265 e. The fourth-order valence-electron chi connectivity index (χ4n) is 3.38. The number of hydrogen-bond acceptors (Lipinski definition) is 5. The van der Waals surface area contributed by atoms with Crippen molar-refractivity contribution in [2.75, 3.05) is 26.3 Å². The van der Waals surface area contributed by atoms with E-state index in [-0.39, 0.29) is 11.8 Å². The van der Waals surface area contributed by atoms with Gasteiger partial charge in [-0.1, -0.05) is 12.1 Å². The van der Waals surface area contributed by atoms with Gasteiger partial charge in [0.2, 0.25) is 0 Å². The van der Waals surface area contributed by atoms with Crippen LogP contribution >= 0.6 is 11.3 Å². The predicted molar refractivity (Wildman–Crippen MR) is 97.0 cm³/mol. The van der Waals surface area contributed by atoms with Crippen molar-refractivity contribution >= 4 is 28.2 Å². The van der Waals surface area contributed by atoms with E-state index in [0.29, 0.717) is 26.3 Å². The zero-order chi connectivity index (χ0) is 17.2. The number of nitrogens with zero attached hydrogens (tertiary/aromatic N) is 2. The first-order chi connectivity index (χ1) is 12.2. The number of benzene rings is 1. The predicted octanol–water partition coefficient (Wildman–Crippen LogP) is 3.53. The molecule has 1 aliphatic heterocycles. The van der Waals surface area contributed by atoms with Crippen LogP contribution in [0.25, 0.3) is 11.0 Å². The average Bonchev–Trinajstić information content (AvgIpc) is 3.19. The van der Waals surface area contributed by atoms with Gasteiger partial charge in [-0.3, -0.25) is 4.79 Å². The number of thiazole rings is 1. The highest BCUT2D eigenvalue weighted by Gasteiger charge is 2.26. The molecule has 0 N–H and O–H groups in total. The van der Waals surface area contributed by atoms with E-state index in [4.69, 9.17) is 9.15 Å². The van der Waals surface area contributed by atoms with Gasteiger partial charge in [-0.2, -0.15) is 0 Å². The van der Waals surface area contributed by atoms with Crippen molar-refractivity contribution in [1.29, 1.82) is 0 Å². The lowest BCUT2D eigenvalue weighted by Gasteiger charge is -2.23. The number of aryl methyl sites for hydroxylation is 1. The second-order valence-electron chi connectivity index (χ2n) is 6.41. The molecule has 1 fully saturated rings. The van der Waals surface area contributed by atoms with E-state index in [9.17, 15) is 4.79 Å². The Labute approximate surface area is 150 Å². The number of carbonyl (C=O) groups excluding carboxylic acids is 1. The standard InChI is InChI=1S/C19H20N2O3S/c1-13-18(25-12-20-13)19(22)21-6-8-23-11-14(10-21)9-15-3-2-4-17-16(15)5-7-24-17/h2-5,7,12,14H,6,8-11H2,1H3/t14-/m0/s1. The Morgan fingerprint density at radius 1 is 1.40 bits per heavy atom. The van der Waals surface area contributed by atoms with E-state index in [1.807, 2.05) is 30.0 Å². The van der Waals surface area contributed by atoms with E-state index in [1.165, 1.54) is 16.9 Å². The van der Waals surface area contributed by atoms with Gasteiger partial charge in [0.05, 0.1) is 30.7 Å². The highest BCUT2D eigenvalue weighted by atomic mass is 32.1. The van der Waals surface area contributed by atoms with Gasteiger partial charge >= 0.3 is 0 Å². The first-order valence-corrected chi connectivity index (χ1v) is 9.32. The van der Waals surface area contributed by atoms with Crippen molar-refractivity contribution in [1.82, 2.24) is 9.88 Å². The van der Waals surface area contributed by atoms with Crippen LogP contribution in [0, 0.1) is 12.8 Å². The number of carbonyl (C=O) groups is 1. The molecule has 4 rings (SSSR count). The summed E-state index contributed by atoms with van der Waals surface area (Å²) in [4.78, 5) is 19.7. The summed E-state index contributed by atoms with van der Waals surface area (Å²) in [5.74, 6) is 0.331. The van der Waals surface area contributed by atoms with Crippen LogP contribution in [0.5, 0.6) is 0 Å². The largest absolute Gasteiger partial charge is 0.464 e. The van der Waals surface area contributed by atoms with Crippen molar-refractivity contribution in [3.63, 3.8) is 0 Å². The third kappa shape index (κ3) is 3.32. The molecule has 6 heteroatoms. The third-order valence-corrected chi connectivity index (χ3v) is 5.58. The summed E-state index contributed by atoms with van der Waals surface area (Å²) in [6.07, 6.45) is 2.59. The number of furan rings is 1. The van der Waals surface area contributed by atoms with Gasteiger partial charge in [0, 0.05) is 24.4 Å². The molecule has 3 heterocycles. The summed E-state index contributed by atoms with van der Waals surface area (Å²) in [5.41, 5.74) is 4.68. The molecule has 0 saturated carbocycles. The van der Waals surface area contributed by atoms with Gasteiger partial charge in [0.25, 0.3) is 5.91 Å². The number of amides is 1. The summed E-state index contributed by atoms with van der Waals surface area (Å²) in [6, 6.07) is 8.13. The molecule has 1 aromatic carbocycles. The Morgan fingerprint density at radius 2 is 2.32 bits per heavy atom. The molecular weight excluding hydrogens is 336 g/mol. The molecule has 0 aliphatic carbocycles. The van der Waals surface area contributed by atoms with Crippen molar-refractivity contribution in [3.05, 3.63) is 52.2 Å². The minimum atomic E-state index is 0.0667. The lowest BCUT2D eigenvalue weighted by molar-refractivity contribution is 0.0741. The average molecular weight is 356 g/mol. The zero-order valence-electron chi connectivity index (χ0n) is 14.1. The van der Waals surface area contributed by atoms with E-state index in [2.05, 4.69) is 11.1 Å². The van der Waals surface area contributed by atoms with Crippen molar-refractivity contribution < 1.29 is 13.9 Å². The molecule has 1 atom stereocenters. The van der Waals surface area contributed by atoms with Crippen molar-refractivity contribution in [3.8, 4) is 0 Å². The van der Waals surface area contributed by atoms with Crippen molar-refractivity contribution in [2.24, 2.45) is 5.92 Å². The summed E-state index contributed by atoms with van der Waals surface area (Å²) < 4.78 is 11.3. The van der Waals surface area contributed by atoms with Crippen LogP contribution in [0.4, 0.5) is 0 Å². The lowest BCUT2D eigenvalue weighted by Crippen LogP contribution is -2.36. The maximum absolute atomic E-state index is 12.8. The van der Waals surface area contributed by atoms with Crippen LogP contribution in [0.3, 0.4) is 0 Å². The summed E-state index contributed by atoms with van der Waals surface area (Å²) in [6.45, 7) is 4.46. The van der Waals surface area contributed by atoms with Gasteiger partial charge in [0.1, 0.15) is 10.5 Å². The number of hydrogen-bond donors (Lipinski definition) is 0. The SMILES string of the molecule is Cc1ncsc1C(=O)N1CCOC[C@@H](Cc2cccc3occc23)C1. The monoisotopic (exact) mass is 356 g/mol. The first-order valence-electron chi connectivity index (χ1n) is 8.44. The molecule has 3 aromatic rings. The molecular formula is C19H20N2O3S. The molecule has 1 aliphatic rings. The molecule has 0 spiro atoms. The zero-order valence-corrected chi connectivity index (χ0v) is 14.9. The lowest BCUT2D eigenvalue weighted by atomic mass is 9.97. The fraction of sp³-hybridized carbons (Fsp3) is 0.368. The van der Waals surface area contributed by atoms with Crippen LogP contribution in [-0.2, 0) is 11.2 Å². The molecule has 0 bridgehead atoms. The highest BCUT2D eigenvalue weighted by molar-refractivity contribution is 7.11. The molecule has 25 heavy (non-hydrogen) atoms. The van der Waals surface area contributed by atoms with Crippen LogP contribution in [-0.4, -0.2) is 42.1 Å². The van der Waals surface area contributed by atoms with Crippen LogP contribution < -0.4 is 0 Å². The summed E-state index contributed by atoms with van der Waals surface area (Å²) >= 11 is 1.41.